The van der Waals surface area contributed by atoms with Crippen LogP contribution in [0.4, 0.5) is 0 Å². The maximum absolute atomic E-state index is 12.8. The first-order valence-electron chi connectivity index (χ1n) is 9.57. The van der Waals surface area contributed by atoms with E-state index < -0.39 is 0 Å². The molecule has 0 bridgehead atoms. The first-order chi connectivity index (χ1) is 13.2. The molecule has 0 fully saturated rings. The van der Waals surface area contributed by atoms with Gasteiger partial charge in [0.05, 0.1) is 0 Å². The summed E-state index contributed by atoms with van der Waals surface area (Å²) in [6, 6.07) is 10.9. The Morgan fingerprint density at radius 3 is 2.14 bits per heavy atom. The quantitative estimate of drug-likeness (QED) is 0.701. The van der Waals surface area contributed by atoms with Gasteiger partial charge in [-0.25, -0.2) is 0 Å². The summed E-state index contributed by atoms with van der Waals surface area (Å²) < 4.78 is 0. The van der Waals surface area contributed by atoms with Gasteiger partial charge in [-0.3, -0.25) is 19.3 Å². The molecule has 1 heterocycles. The fourth-order valence-electron chi connectivity index (χ4n) is 3.66. The van der Waals surface area contributed by atoms with Gasteiger partial charge >= 0.3 is 0 Å². The molecule has 2 N–H and O–H groups in total. The minimum absolute atomic E-state index is 0. The van der Waals surface area contributed by atoms with Gasteiger partial charge in [0.2, 0.25) is 5.91 Å². The van der Waals surface area contributed by atoms with Gasteiger partial charge in [-0.2, -0.15) is 0 Å². The second-order valence-corrected chi connectivity index (χ2v) is 8.19. The highest BCUT2D eigenvalue weighted by molar-refractivity contribution is 6.25. The molecule has 0 aromatic heterocycles. The fourth-order valence-corrected chi connectivity index (χ4v) is 3.66. The van der Waals surface area contributed by atoms with Crippen LogP contribution >= 0.6 is 12.4 Å². The molecule has 1 aliphatic heterocycles. The van der Waals surface area contributed by atoms with E-state index in [0.717, 1.165) is 10.8 Å². The number of nitrogens with zero attached hydrogens (tertiary/aromatic N) is 2. The molecule has 3 amide bonds. The van der Waals surface area contributed by atoms with Gasteiger partial charge in [0.25, 0.3) is 11.8 Å². The van der Waals surface area contributed by atoms with Crippen molar-refractivity contribution in [3.63, 3.8) is 0 Å². The second kappa shape index (κ2) is 8.93. The number of rotatable bonds is 7. The molecule has 0 aliphatic carbocycles. The molecule has 0 saturated carbocycles. The van der Waals surface area contributed by atoms with Crippen molar-refractivity contribution in [2.75, 3.05) is 26.7 Å². The van der Waals surface area contributed by atoms with Crippen molar-refractivity contribution in [3.05, 3.63) is 47.5 Å². The molecule has 0 spiro atoms. The second-order valence-electron chi connectivity index (χ2n) is 8.19. The lowest BCUT2D eigenvalue weighted by Crippen LogP contribution is -2.42. The van der Waals surface area contributed by atoms with E-state index in [1.54, 1.807) is 24.1 Å². The third-order valence-corrected chi connectivity index (χ3v) is 5.27. The van der Waals surface area contributed by atoms with Crippen molar-refractivity contribution in [1.82, 2.24) is 9.80 Å². The Labute approximate surface area is 177 Å². The van der Waals surface area contributed by atoms with E-state index >= 15 is 0 Å². The van der Waals surface area contributed by atoms with E-state index in [1.165, 1.54) is 4.90 Å². The van der Waals surface area contributed by atoms with Crippen LogP contribution in [0.5, 0.6) is 0 Å². The zero-order valence-corrected chi connectivity index (χ0v) is 17.9. The summed E-state index contributed by atoms with van der Waals surface area (Å²) in [5.74, 6) is -0.598. The first-order valence-corrected chi connectivity index (χ1v) is 9.57. The third-order valence-electron chi connectivity index (χ3n) is 5.27. The van der Waals surface area contributed by atoms with Crippen LogP contribution in [0.3, 0.4) is 0 Å². The number of amides is 3. The standard InChI is InChI=1S/C22H27N3O3.ClH/c1-22(2,13-23)14-24(3)18(26)11-6-12-25-20(27)16-9-4-7-15-8-5-10-17(19(15)16)21(25)28;/h4-5,7-10H,6,11-14,23H2,1-3H3;1H. The van der Waals surface area contributed by atoms with Crippen molar-refractivity contribution in [2.24, 2.45) is 11.1 Å². The summed E-state index contributed by atoms with van der Waals surface area (Å²) >= 11 is 0. The monoisotopic (exact) mass is 417 g/mol. The summed E-state index contributed by atoms with van der Waals surface area (Å²) in [5.41, 5.74) is 6.67. The number of benzene rings is 2. The Kier molecular flexibility index (Phi) is 7.03. The molecule has 2 aromatic rings. The number of hydrogen-bond donors (Lipinski definition) is 1. The summed E-state index contributed by atoms with van der Waals surface area (Å²) in [6.45, 7) is 5.31. The highest BCUT2D eigenvalue weighted by Gasteiger charge is 2.32. The van der Waals surface area contributed by atoms with Crippen LogP contribution in [0.25, 0.3) is 10.8 Å². The van der Waals surface area contributed by atoms with Gasteiger partial charge in [-0.1, -0.05) is 38.1 Å². The van der Waals surface area contributed by atoms with Crippen molar-refractivity contribution in [2.45, 2.75) is 26.7 Å². The predicted molar refractivity (Wildman–Crippen MR) is 116 cm³/mol. The molecule has 7 heteroatoms. The minimum Gasteiger partial charge on any atom is -0.345 e. The number of halogens is 1. The normalized spacial score (nSPS) is 13.4. The molecular weight excluding hydrogens is 390 g/mol. The topological polar surface area (TPSA) is 83.7 Å². The van der Waals surface area contributed by atoms with Crippen LogP contribution in [0.2, 0.25) is 0 Å². The Bertz CT molecular complexity index is 891. The third kappa shape index (κ3) is 4.60. The number of nitrogens with two attached hydrogens (primary N) is 1. The Morgan fingerprint density at radius 2 is 1.62 bits per heavy atom. The van der Waals surface area contributed by atoms with E-state index in [-0.39, 0.29) is 48.5 Å². The molecule has 3 rings (SSSR count). The largest absolute Gasteiger partial charge is 0.345 e. The van der Waals surface area contributed by atoms with Gasteiger partial charge < -0.3 is 10.6 Å². The number of imide groups is 1. The fraction of sp³-hybridized carbons (Fsp3) is 0.409. The Balaban J connectivity index is 0.00000300. The van der Waals surface area contributed by atoms with Gasteiger partial charge in [-0.15, -0.1) is 12.4 Å². The molecule has 0 saturated heterocycles. The highest BCUT2D eigenvalue weighted by atomic mass is 35.5. The zero-order chi connectivity index (χ0) is 20.5. The van der Waals surface area contributed by atoms with Crippen LogP contribution in [0.15, 0.2) is 36.4 Å². The number of carbonyl (C=O) groups excluding carboxylic acids is 3. The number of hydrogen-bond acceptors (Lipinski definition) is 4. The van der Waals surface area contributed by atoms with Gasteiger partial charge in [0, 0.05) is 43.1 Å². The zero-order valence-electron chi connectivity index (χ0n) is 17.1. The van der Waals surface area contributed by atoms with Gasteiger partial charge in [0.1, 0.15) is 0 Å². The predicted octanol–water partition coefficient (Wildman–Crippen LogP) is 3.08. The summed E-state index contributed by atoms with van der Waals surface area (Å²) in [4.78, 5) is 41.0. The lowest BCUT2D eigenvalue weighted by atomic mass is 9.93. The minimum atomic E-state index is -0.292. The molecular formula is C22H28ClN3O3. The maximum atomic E-state index is 12.8. The van der Waals surface area contributed by atoms with Crippen molar-refractivity contribution in [1.29, 1.82) is 0 Å². The molecule has 1 aliphatic rings. The molecule has 156 valence electrons. The Hall–Kier alpha value is -2.44. The molecule has 0 atom stereocenters. The molecule has 29 heavy (non-hydrogen) atoms. The van der Waals surface area contributed by atoms with E-state index in [1.807, 2.05) is 38.1 Å². The maximum Gasteiger partial charge on any atom is 0.261 e. The van der Waals surface area contributed by atoms with Crippen LogP contribution in [-0.4, -0.2) is 54.2 Å². The lowest BCUT2D eigenvalue weighted by molar-refractivity contribution is -0.131. The molecule has 0 unspecified atom stereocenters. The summed E-state index contributed by atoms with van der Waals surface area (Å²) in [7, 11) is 1.76. The van der Waals surface area contributed by atoms with Crippen LogP contribution < -0.4 is 5.73 Å². The van der Waals surface area contributed by atoms with Crippen LogP contribution in [-0.2, 0) is 4.79 Å². The van der Waals surface area contributed by atoms with E-state index in [2.05, 4.69) is 0 Å². The van der Waals surface area contributed by atoms with Gasteiger partial charge in [-0.05, 0) is 35.9 Å². The smallest absolute Gasteiger partial charge is 0.261 e. The number of carbonyl (C=O) groups is 3. The average Bonchev–Trinajstić information content (AvgIpc) is 2.68. The summed E-state index contributed by atoms with van der Waals surface area (Å²) in [6.07, 6.45) is 0.710. The van der Waals surface area contributed by atoms with E-state index in [0.29, 0.717) is 30.6 Å². The van der Waals surface area contributed by atoms with E-state index in [9.17, 15) is 14.4 Å². The summed E-state index contributed by atoms with van der Waals surface area (Å²) in [5, 5.41) is 1.60. The highest BCUT2D eigenvalue weighted by Crippen LogP contribution is 2.30. The Morgan fingerprint density at radius 1 is 1.07 bits per heavy atom. The molecule has 0 radical (unpaired) electrons. The van der Waals surface area contributed by atoms with Crippen molar-refractivity contribution < 1.29 is 14.4 Å². The van der Waals surface area contributed by atoms with Gasteiger partial charge in [0.15, 0.2) is 0 Å². The van der Waals surface area contributed by atoms with Crippen molar-refractivity contribution in [3.8, 4) is 0 Å². The average molecular weight is 418 g/mol. The van der Waals surface area contributed by atoms with Crippen molar-refractivity contribution >= 4 is 40.9 Å². The SMILES string of the molecule is CN(CC(C)(C)CN)C(=O)CCCN1C(=O)c2cccc3cccc(c23)C1=O.Cl. The van der Waals surface area contributed by atoms with E-state index in [4.69, 9.17) is 5.73 Å². The lowest BCUT2D eigenvalue weighted by Gasteiger charge is -2.30. The van der Waals surface area contributed by atoms with Crippen LogP contribution in [0, 0.1) is 5.41 Å². The first kappa shape index (κ1) is 22.8. The molecule has 6 nitrogen and oxygen atoms in total. The molecule has 2 aromatic carbocycles. The van der Waals surface area contributed by atoms with Crippen LogP contribution in [0.1, 0.15) is 47.4 Å².